The topological polar surface area (TPSA) is 98.5 Å². The van der Waals surface area contributed by atoms with Crippen LogP contribution < -0.4 is 5.32 Å². The first-order valence-corrected chi connectivity index (χ1v) is 9.12. The van der Waals surface area contributed by atoms with Crippen LogP contribution in [0.4, 0.5) is 5.69 Å². The molecule has 2 rings (SSSR count). The van der Waals surface area contributed by atoms with E-state index in [0.29, 0.717) is 12.1 Å². The van der Waals surface area contributed by atoms with Gasteiger partial charge >= 0.3 is 5.97 Å². The molecule has 0 heterocycles. The van der Waals surface area contributed by atoms with Crippen molar-refractivity contribution in [2.24, 2.45) is 0 Å². The lowest BCUT2D eigenvalue weighted by molar-refractivity contribution is -0.385. The Morgan fingerprint density at radius 1 is 1.18 bits per heavy atom. The van der Waals surface area contributed by atoms with E-state index in [-0.39, 0.29) is 17.2 Å². The van der Waals surface area contributed by atoms with Crippen molar-refractivity contribution in [2.45, 2.75) is 39.2 Å². The largest absolute Gasteiger partial charge is 0.449 e. The number of amides is 1. The normalized spacial score (nSPS) is 12.7. The second kappa shape index (κ2) is 9.64. The minimum absolute atomic E-state index is 0.0349. The zero-order valence-corrected chi connectivity index (χ0v) is 16.2. The van der Waals surface area contributed by atoms with Gasteiger partial charge in [0.05, 0.1) is 10.5 Å². The summed E-state index contributed by atoms with van der Waals surface area (Å²) in [7, 11) is 0. The van der Waals surface area contributed by atoms with Crippen LogP contribution in [0.1, 0.15) is 47.7 Å². The first-order chi connectivity index (χ1) is 13.3. The third kappa shape index (κ3) is 5.39. The van der Waals surface area contributed by atoms with E-state index in [0.717, 1.165) is 18.1 Å². The van der Waals surface area contributed by atoms with Crippen LogP contribution in [-0.4, -0.2) is 29.4 Å². The maximum Gasteiger partial charge on any atom is 0.339 e. The number of ether oxygens (including phenoxy) is 1. The van der Waals surface area contributed by atoms with E-state index in [9.17, 15) is 19.7 Å². The number of nitro benzene ring substituents is 1. The van der Waals surface area contributed by atoms with Gasteiger partial charge in [-0.2, -0.15) is 0 Å². The number of benzene rings is 2. The molecule has 2 aromatic rings. The Balaban J connectivity index is 1.95. The lowest BCUT2D eigenvalue weighted by atomic mass is 9.96. The smallest absolute Gasteiger partial charge is 0.339 e. The van der Waals surface area contributed by atoms with Crippen molar-refractivity contribution in [1.29, 1.82) is 0 Å². The van der Waals surface area contributed by atoms with Crippen molar-refractivity contribution in [3.8, 4) is 0 Å². The minimum Gasteiger partial charge on any atom is -0.449 e. The SMILES string of the molecule is CC[C@H](CNC(=O)[C@H](C)OC(=O)c1ccc(C)c([N+](=O)[O-])c1)c1ccccc1. The summed E-state index contributed by atoms with van der Waals surface area (Å²) in [6, 6.07) is 13.9. The maximum atomic E-state index is 12.3. The van der Waals surface area contributed by atoms with Crippen molar-refractivity contribution >= 4 is 17.6 Å². The number of carbonyl (C=O) groups is 2. The Morgan fingerprint density at radius 3 is 2.46 bits per heavy atom. The number of esters is 1. The van der Waals surface area contributed by atoms with Crippen molar-refractivity contribution in [3.63, 3.8) is 0 Å². The Hall–Kier alpha value is -3.22. The lowest BCUT2D eigenvalue weighted by Crippen LogP contribution is -2.38. The number of aryl methyl sites for hydroxylation is 1. The lowest BCUT2D eigenvalue weighted by Gasteiger charge is -2.18. The highest BCUT2D eigenvalue weighted by Gasteiger charge is 2.22. The van der Waals surface area contributed by atoms with Gasteiger partial charge in [0.2, 0.25) is 0 Å². The molecule has 0 spiro atoms. The summed E-state index contributed by atoms with van der Waals surface area (Å²) in [6.45, 7) is 5.52. The molecular formula is C21H24N2O5. The summed E-state index contributed by atoms with van der Waals surface area (Å²) >= 11 is 0. The van der Waals surface area contributed by atoms with E-state index in [1.54, 1.807) is 6.92 Å². The first-order valence-electron chi connectivity index (χ1n) is 9.12. The highest BCUT2D eigenvalue weighted by Crippen LogP contribution is 2.20. The molecule has 1 N–H and O–H groups in total. The molecule has 0 aliphatic rings. The summed E-state index contributed by atoms with van der Waals surface area (Å²) in [5.41, 5.74) is 1.44. The van der Waals surface area contributed by atoms with Crippen molar-refractivity contribution in [3.05, 3.63) is 75.3 Å². The second-order valence-electron chi connectivity index (χ2n) is 6.57. The van der Waals surface area contributed by atoms with E-state index < -0.39 is 22.9 Å². The van der Waals surface area contributed by atoms with E-state index in [1.807, 2.05) is 37.3 Å². The molecule has 0 saturated heterocycles. The van der Waals surface area contributed by atoms with Gasteiger partial charge < -0.3 is 10.1 Å². The standard InChI is InChI=1S/C21H24N2O5/c1-4-16(17-8-6-5-7-9-17)13-22-20(24)15(3)28-21(25)18-11-10-14(2)19(12-18)23(26)27/h5-12,15-16H,4,13H2,1-3H3,(H,22,24)/t15-,16+/m0/s1. The van der Waals surface area contributed by atoms with Gasteiger partial charge in [-0.05, 0) is 31.9 Å². The summed E-state index contributed by atoms with van der Waals surface area (Å²) in [5, 5.41) is 13.8. The molecule has 2 aromatic carbocycles. The number of nitrogens with one attached hydrogen (secondary N) is 1. The summed E-state index contributed by atoms with van der Waals surface area (Å²) in [6.07, 6.45) is -0.160. The number of nitro groups is 1. The zero-order valence-electron chi connectivity index (χ0n) is 16.2. The molecule has 0 bridgehead atoms. The predicted octanol–water partition coefficient (Wildman–Crippen LogP) is 3.76. The van der Waals surface area contributed by atoms with Crippen molar-refractivity contribution in [2.75, 3.05) is 6.54 Å². The van der Waals surface area contributed by atoms with Gasteiger partial charge in [0, 0.05) is 24.1 Å². The Labute approximate surface area is 163 Å². The van der Waals surface area contributed by atoms with Crippen LogP contribution in [0.5, 0.6) is 0 Å². The third-order valence-corrected chi connectivity index (χ3v) is 4.58. The number of hydrogen-bond acceptors (Lipinski definition) is 5. The van der Waals surface area contributed by atoms with E-state index in [4.69, 9.17) is 4.74 Å². The van der Waals surface area contributed by atoms with E-state index in [2.05, 4.69) is 5.32 Å². The van der Waals surface area contributed by atoms with Crippen LogP contribution in [0.15, 0.2) is 48.5 Å². The predicted molar refractivity (Wildman–Crippen MR) is 105 cm³/mol. The quantitative estimate of drug-likeness (QED) is 0.424. The number of carbonyl (C=O) groups excluding carboxylic acids is 2. The fourth-order valence-electron chi connectivity index (χ4n) is 2.81. The molecule has 0 fully saturated rings. The monoisotopic (exact) mass is 384 g/mol. The van der Waals surface area contributed by atoms with Crippen LogP contribution >= 0.6 is 0 Å². The highest BCUT2D eigenvalue weighted by molar-refractivity contribution is 5.93. The summed E-state index contributed by atoms with van der Waals surface area (Å²) < 4.78 is 5.17. The van der Waals surface area contributed by atoms with Crippen LogP contribution in [0.3, 0.4) is 0 Å². The van der Waals surface area contributed by atoms with Gasteiger partial charge in [-0.15, -0.1) is 0 Å². The molecule has 7 nitrogen and oxygen atoms in total. The molecule has 0 saturated carbocycles. The third-order valence-electron chi connectivity index (χ3n) is 4.58. The Bertz CT molecular complexity index is 851. The van der Waals surface area contributed by atoms with Crippen molar-refractivity contribution in [1.82, 2.24) is 5.32 Å². The maximum absolute atomic E-state index is 12.3. The van der Waals surface area contributed by atoms with Gasteiger partial charge in [-0.3, -0.25) is 14.9 Å². The molecule has 2 atom stereocenters. The molecular weight excluding hydrogens is 360 g/mol. The molecule has 7 heteroatoms. The summed E-state index contributed by atoms with van der Waals surface area (Å²) in [5.74, 6) is -1.03. The van der Waals surface area contributed by atoms with E-state index >= 15 is 0 Å². The Morgan fingerprint density at radius 2 is 1.86 bits per heavy atom. The number of hydrogen-bond donors (Lipinski definition) is 1. The van der Waals surface area contributed by atoms with Crippen LogP contribution in [0.25, 0.3) is 0 Å². The molecule has 0 aliphatic carbocycles. The van der Waals surface area contributed by atoms with Crippen LogP contribution in [-0.2, 0) is 9.53 Å². The molecule has 0 aromatic heterocycles. The second-order valence-corrected chi connectivity index (χ2v) is 6.57. The summed E-state index contributed by atoms with van der Waals surface area (Å²) in [4.78, 5) is 35.0. The number of rotatable bonds is 8. The average molecular weight is 384 g/mol. The molecule has 148 valence electrons. The molecule has 1 amide bonds. The van der Waals surface area contributed by atoms with Gasteiger partial charge in [0.15, 0.2) is 6.10 Å². The molecule has 0 aliphatic heterocycles. The zero-order chi connectivity index (χ0) is 20.7. The van der Waals surface area contributed by atoms with Gasteiger partial charge in [0.1, 0.15) is 0 Å². The first kappa shape index (κ1) is 21.1. The fraction of sp³-hybridized carbons (Fsp3) is 0.333. The fourth-order valence-corrected chi connectivity index (χ4v) is 2.81. The van der Waals surface area contributed by atoms with Crippen molar-refractivity contribution < 1.29 is 19.2 Å². The van der Waals surface area contributed by atoms with Crippen LogP contribution in [0, 0.1) is 17.0 Å². The minimum atomic E-state index is -1.01. The van der Waals surface area contributed by atoms with Gasteiger partial charge in [0.25, 0.3) is 11.6 Å². The van der Waals surface area contributed by atoms with E-state index in [1.165, 1.54) is 19.1 Å². The molecule has 28 heavy (non-hydrogen) atoms. The van der Waals surface area contributed by atoms with Gasteiger partial charge in [-0.1, -0.05) is 43.3 Å². The van der Waals surface area contributed by atoms with Gasteiger partial charge in [-0.25, -0.2) is 4.79 Å². The number of nitrogens with zero attached hydrogens (tertiary/aromatic N) is 1. The Kier molecular flexibility index (Phi) is 7.26. The highest BCUT2D eigenvalue weighted by atomic mass is 16.6. The van der Waals surface area contributed by atoms with Crippen LogP contribution in [0.2, 0.25) is 0 Å². The molecule has 0 unspecified atom stereocenters. The molecule has 0 radical (unpaired) electrons. The average Bonchev–Trinajstić information content (AvgIpc) is 2.69.